The van der Waals surface area contributed by atoms with Crippen LogP contribution in [0.25, 0.3) is 21.8 Å². The molecule has 2 N–H and O–H groups in total. The highest BCUT2D eigenvalue weighted by Gasteiger charge is 2.20. The SMILES string of the molecule is Cc1occc1-c1onc(N)c1-c1cccs1. The van der Waals surface area contributed by atoms with Crippen LogP contribution in [0.2, 0.25) is 0 Å². The van der Waals surface area contributed by atoms with Crippen molar-refractivity contribution >= 4 is 17.2 Å². The second-order valence-corrected chi connectivity index (χ2v) is 4.59. The molecule has 0 radical (unpaired) electrons. The van der Waals surface area contributed by atoms with E-state index in [-0.39, 0.29) is 0 Å². The Morgan fingerprint density at radius 1 is 1.35 bits per heavy atom. The molecule has 0 bridgehead atoms. The molecule has 3 aromatic rings. The summed E-state index contributed by atoms with van der Waals surface area (Å²) in [5, 5.41) is 5.83. The van der Waals surface area contributed by atoms with Gasteiger partial charge in [0.05, 0.1) is 17.4 Å². The number of nitrogens with zero attached hydrogens (tertiary/aromatic N) is 1. The second-order valence-electron chi connectivity index (χ2n) is 3.64. The van der Waals surface area contributed by atoms with E-state index in [2.05, 4.69) is 5.16 Å². The fraction of sp³-hybridized carbons (Fsp3) is 0.0833. The van der Waals surface area contributed by atoms with Gasteiger partial charge in [-0.15, -0.1) is 11.3 Å². The summed E-state index contributed by atoms with van der Waals surface area (Å²) in [5.74, 6) is 1.86. The van der Waals surface area contributed by atoms with E-state index in [1.54, 1.807) is 17.6 Å². The van der Waals surface area contributed by atoms with Crippen LogP contribution in [0.4, 0.5) is 5.82 Å². The molecular weight excluding hydrogens is 236 g/mol. The monoisotopic (exact) mass is 246 g/mol. The first-order chi connectivity index (χ1) is 8.27. The van der Waals surface area contributed by atoms with Crippen molar-refractivity contribution in [2.24, 2.45) is 0 Å². The van der Waals surface area contributed by atoms with Gasteiger partial charge in [-0.05, 0) is 24.4 Å². The van der Waals surface area contributed by atoms with Crippen molar-refractivity contribution < 1.29 is 8.94 Å². The number of hydrogen-bond acceptors (Lipinski definition) is 5. The summed E-state index contributed by atoms with van der Waals surface area (Å²) in [6.45, 7) is 1.88. The van der Waals surface area contributed by atoms with Gasteiger partial charge in [0.2, 0.25) is 0 Å². The average molecular weight is 246 g/mol. The molecule has 0 saturated heterocycles. The zero-order valence-corrected chi connectivity index (χ0v) is 9.95. The lowest BCUT2D eigenvalue weighted by Gasteiger charge is -1.97. The van der Waals surface area contributed by atoms with Crippen molar-refractivity contribution in [3.05, 3.63) is 35.6 Å². The highest BCUT2D eigenvalue weighted by atomic mass is 32.1. The van der Waals surface area contributed by atoms with Crippen LogP contribution >= 0.6 is 11.3 Å². The summed E-state index contributed by atoms with van der Waals surface area (Å²) < 4.78 is 10.6. The zero-order valence-electron chi connectivity index (χ0n) is 9.14. The summed E-state index contributed by atoms with van der Waals surface area (Å²) in [6, 6.07) is 5.82. The minimum atomic E-state index is 0.406. The van der Waals surface area contributed by atoms with Gasteiger partial charge in [0.25, 0.3) is 0 Å². The molecule has 0 spiro atoms. The zero-order chi connectivity index (χ0) is 11.8. The quantitative estimate of drug-likeness (QED) is 0.750. The first-order valence-corrected chi connectivity index (χ1v) is 5.99. The largest absolute Gasteiger partial charge is 0.469 e. The van der Waals surface area contributed by atoms with Crippen LogP contribution in [0.15, 0.2) is 38.8 Å². The van der Waals surface area contributed by atoms with Crippen molar-refractivity contribution in [2.75, 3.05) is 5.73 Å². The minimum absolute atomic E-state index is 0.406. The lowest BCUT2D eigenvalue weighted by Crippen LogP contribution is -1.86. The number of thiophene rings is 1. The van der Waals surface area contributed by atoms with Gasteiger partial charge in [-0.3, -0.25) is 0 Å². The van der Waals surface area contributed by atoms with Gasteiger partial charge in [0, 0.05) is 4.88 Å². The number of aromatic nitrogens is 1. The summed E-state index contributed by atoms with van der Waals surface area (Å²) in [5.41, 5.74) is 7.58. The standard InChI is InChI=1S/C12H10N2O2S/c1-7-8(4-5-15-7)11-10(12(13)14-16-11)9-3-2-6-17-9/h2-6H,1H3,(H2,13,14). The number of nitrogens with two attached hydrogens (primary N) is 1. The number of anilines is 1. The number of hydrogen-bond donors (Lipinski definition) is 1. The van der Waals surface area contributed by atoms with E-state index in [1.807, 2.05) is 30.5 Å². The third-order valence-electron chi connectivity index (χ3n) is 2.59. The molecule has 5 heteroatoms. The number of nitrogen functional groups attached to an aromatic ring is 1. The Kier molecular flexibility index (Phi) is 2.26. The third-order valence-corrected chi connectivity index (χ3v) is 3.48. The third kappa shape index (κ3) is 1.55. The highest BCUT2D eigenvalue weighted by Crippen LogP contribution is 2.39. The van der Waals surface area contributed by atoms with E-state index >= 15 is 0 Å². The molecular formula is C12H10N2O2S. The normalized spacial score (nSPS) is 10.9. The molecule has 0 fully saturated rings. The molecule has 3 rings (SSSR count). The van der Waals surface area contributed by atoms with Crippen LogP contribution < -0.4 is 5.73 Å². The molecule has 4 nitrogen and oxygen atoms in total. The first kappa shape index (κ1) is 10.2. The van der Waals surface area contributed by atoms with Crippen molar-refractivity contribution in [3.8, 4) is 21.8 Å². The fourth-order valence-electron chi connectivity index (χ4n) is 1.77. The summed E-state index contributed by atoms with van der Waals surface area (Å²) >= 11 is 1.60. The van der Waals surface area contributed by atoms with Crippen molar-refractivity contribution in [1.82, 2.24) is 5.16 Å². The van der Waals surface area contributed by atoms with Gasteiger partial charge in [0.1, 0.15) is 5.76 Å². The molecule has 0 aromatic carbocycles. The molecule has 0 amide bonds. The summed E-state index contributed by atoms with van der Waals surface area (Å²) in [7, 11) is 0. The van der Waals surface area contributed by atoms with E-state index in [1.165, 1.54) is 0 Å². The van der Waals surface area contributed by atoms with Gasteiger partial charge in [-0.25, -0.2) is 0 Å². The Labute approximate surface area is 102 Å². The smallest absolute Gasteiger partial charge is 0.181 e. The maximum atomic E-state index is 5.86. The Morgan fingerprint density at radius 3 is 2.88 bits per heavy atom. The van der Waals surface area contributed by atoms with Crippen LogP contribution in [0, 0.1) is 6.92 Å². The minimum Gasteiger partial charge on any atom is -0.469 e. The van der Waals surface area contributed by atoms with Crippen LogP contribution in [0.5, 0.6) is 0 Å². The maximum Gasteiger partial charge on any atom is 0.181 e. The molecule has 0 atom stereocenters. The molecule has 0 aliphatic heterocycles. The lowest BCUT2D eigenvalue weighted by molar-refractivity contribution is 0.434. The van der Waals surface area contributed by atoms with Crippen LogP contribution in [-0.4, -0.2) is 5.16 Å². The Balaban J connectivity index is 2.23. The summed E-state index contributed by atoms with van der Waals surface area (Å²) in [6.07, 6.45) is 1.63. The Bertz CT molecular complexity index is 637. The van der Waals surface area contributed by atoms with E-state index < -0.39 is 0 Å². The maximum absolute atomic E-state index is 5.86. The van der Waals surface area contributed by atoms with Crippen LogP contribution in [-0.2, 0) is 0 Å². The van der Waals surface area contributed by atoms with Gasteiger partial charge >= 0.3 is 0 Å². The molecule has 0 aliphatic rings. The predicted octanol–water partition coefficient (Wildman–Crippen LogP) is 3.55. The van der Waals surface area contributed by atoms with Crippen molar-refractivity contribution in [3.63, 3.8) is 0 Å². The van der Waals surface area contributed by atoms with Crippen LogP contribution in [0.1, 0.15) is 5.76 Å². The Hall–Kier alpha value is -2.01. The van der Waals surface area contributed by atoms with Gasteiger partial charge < -0.3 is 14.7 Å². The molecule has 0 aliphatic carbocycles. The molecule has 3 aromatic heterocycles. The molecule has 17 heavy (non-hydrogen) atoms. The van der Waals surface area contributed by atoms with Crippen LogP contribution in [0.3, 0.4) is 0 Å². The number of aryl methyl sites for hydroxylation is 1. The molecule has 3 heterocycles. The predicted molar refractivity (Wildman–Crippen MR) is 66.7 cm³/mol. The van der Waals surface area contributed by atoms with E-state index in [0.717, 1.165) is 21.8 Å². The van der Waals surface area contributed by atoms with E-state index in [9.17, 15) is 0 Å². The van der Waals surface area contributed by atoms with Gasteiger partial charge in [-0.2, -0.15) is 0 Å². The molecule has 86 valence electrons. The summed E-state index contributed by atoms with van der Waals surface area (Å²) in [4.78, 5) is 1.04. The molecule has 0 unspecified atom stereocenters. The lowest BCUT2D eigenvalue weighted by atomic mass is 10.1. The topological polar surface area (TPSA) is 65.2 Å². The van der Waals surface area contributed by atoms with Gasteiger partial charge in [0.15, 0.2) is 11.6 Å². The second kappa shape index (κ2) is 3.78. The number of furan rings is 1. The van der Waals surface area contributed by atoms with E-state index in [0.29, 0.717) is 11.6 Å². The fourth-order valence-corrected chi connectivity index (χ4v) is 2.54. The van der Waals surface area contributed by atoms with Crippen molar-refractivity contribution in [2.45, 2.75) is 6.92 Å². The van der Waals surface area contributed by atoms with E-state index in [4.69, 9.17) is 14.7 Å². The van der Waals surface area contributed by atoms with Gasteiger partial charge in [-0.1, -0.05) is 11.2 Å². The Morgan fingerprint density at radius 2 is 2.24 bits per heavy atom. The first-order valence-electron chi connectivity index (χ1n) is 5.11. The van der Waals surface area contributed by atoms with Crippen molar-refractivity contribution in [1.29, 1.82) is 0 Å². The number of rotatable bonds is 2. The molecule has 0 saturated carbocycles. The average Bonchev–Trinajstić information content (AvgIpc) is 2.98. The highest BCUT2D eigenvalue weighted by molar-refractivity contribution is 7.13.